The van der Waals surface area contributed by atoms with Gasteiger partial charge in [0.05, 0.1) is 17.4 Å². The van der Waals surface area contributed by atoms with Gasteiger partial charge in [-0.2, -0.15) is 5.26 Å². The van der Waals surface area contributed by atoms with Crippen LogP contribution >= 0.6 is 0 Å². The Hall–Kier alpha value is -3.20. The van der Waals surface area contributed by atoms with Crippen molar-refractivity contribution in [1.29, 1.82) is 5.26 Å². The van der Waals surface area contributed by atoms with E-state index in [9.17, 15) is 14.9 Å². The summed E-state index contributed by atoms with van der Waals surface area (Å²) in [6.07, 6.45) is 0.202. The molecule has 0 aromatic heterocycles. The number of amides is 1. The molecule has 0 unspecified atom stereocenters. The van der Waals surface area contributed by atoms with E-state index >= 15 is 0 Å². The van der Waals surface area contributed by atoms with E-state index in [1.165, 1.54) is 23.1 Å². The molecule has 0 aliphatic carbocycles. The van der Waals surface area contributed by atoms with Gasteiger partial charge in [-0.1, -0.05) is 36.4 Å². The van der Waals surface area contributed by atoms with Crippen molar-refractivity contribution >= 4 is 11.6 Å². The number of nitriles is 1. The lowest BCUT2D eigenvalue weighted by Crippen LogP contribution is -2.31. The lowest BCUT2D eigenvalue weighted by atomic mass is 10.1. The number of non-ortho nitro benzene ring substituents is 1. The van der Waals surface area contributed by atoms with Gasteiger partial charge in [-0.05, 0) is 11.6 Å². The summed E-state index contributed by atoms with van der Waals surface area (Å²) in [5.74, 6) is -0.326. The van der Waals surface area contributed by atoms with E-state index in [1.54, 1.807) is 6.07 Å². The molecule has 1 amide bonds. The summed E-state index contributed by atoms with van der Waals surface area (Å²) in [6, 6.07) is 17.0. The number of nitrogens with zero attached hydrogens (tertiary/aromatic N) is 3. The Bertz CT molecular complexity index is 738. The molecule has 0 N–H and O–H groups in total. The zero-order valence-electron chi connectivity index (χ0n) is 12.4. The summed E-state index contributed by atoms with van der Waals surface area (Å²) in [4.78, 5) is 24.5. The Morgan fingerprint density at radius 1 is 1.17 bits per heavy atom. The fraction of sp³-hybridized carbons (Fsp3) is 0.176. The fourth-order valence-corrected chi connectivity index (χ4v) is 2.18. The molecule has 0 saturated carbocycles. The van der Waals surface area contributed by atoms with Crippen molar-refractivity contribution in [2.24, 2.45) is 0 Å². The molecular formula is C17H15N3O3. The number of carbonyl (C=O) groups is 1. The summed E-state index contributed by atoms with van der Waals surface area (Å²) in [6.45, 7) is 0.622. The number of nitro benzene ring substituents is 1. The molecule has 0 heterocycles. The first kappa shape index (κ1) is 16.2. The third-order valence-electron chi connectivity index (χ3n) is 3.30. The Morgan fingerprint density at radius 2 is 1.91 bits per heavy atom. The van der Waals surface area contributed by atoms with Gasteiger partial charge in [0, 0.05) is 30.8 Å². The first-order valence-corrected chi connectivity index (χ1v) is 7.06. The highest BCUT2D eigenvalue weighted by Crippen LogP contribution is 2.16. The topological polar surface area (TPSA) is 87.2 Å². The highest BCUT2D eigenvalue weighted by atomic mass is 16.6. The number of hydrogen-bond acceptors (Lipinski definition) is 4. The zero-order valence-corrected chi connectivity index (χ0v) is 12.4. The molecule has 2 rings (SSSR count). The van der Waals surface area contributed by atoms with Crippen molar-refractivity contribution in [2.45, 2.75) is 13.0 Å². The third-order valence-corrected chi connectivity index (χ3v) is 3.30. The highest BCUT2D eigenvalue weighted by molar-refractivity contribution is 5.94. The standard InChI is InChI=1S/C17H15N3O3/c18-10-5-11-19(13-14-6-2-1-3-7-14)17(21)15-8-4-9-16(12-15)20(22)23/h1-4,6-9,12H,5,11,13H2. The molecule has 6 nitrogen and oxygen atoms in total. The van der Waals surface area contributed by atoms with Crippen molar-refractivity contribution in [1.82, 2.24) is 4.90 Å². The van der Waals surface area contributed by atoms with Crippen LogP contribution in [-0.2, 0) is 6.54 Å². The number of nitro groups is 1. The van der Waals surface area contributed by atoms with Crippen molar-refractivity contribution < 1.29 is 9.72 Å². The minimum Gasteiger partial charge on any atom is -0.333 e. The Balaban J connectivity index is 2.24. The summed E-state index contributed by atoms with van der Waals surface area (Å²) in [5, 5.41) is 19.6. The maximum absolute atomic E-state index is 12.6. The quantitative estimate of drug-likeness (QED) is 0.605. The van der Waals surface area contributed by atoms with E-state index in [4.69, 9.17) is 5.26 Å². The van der Waals surface area contributed by atoms with Crippen LogP contribution in [0.2, 0.25) is 0 Å². The molecule has 0 saturated heterocycles. The molecule has 6 heteroatoms. The molecule has 0 fully saturated rings. The molecule has 23 heavy (non-hydrogen) atoms. The van der Waals surface area contributed by atoms with Crippen molar-refractivity contribution in [3.8, 4) is 6.07 Å². The van der Waals surface area contributed by atoms with Crippen molar-refractivity contribution in [3.05, 3.63) is 75.8 Å². The Morgan fingerprint density at radius 3 is 2.57 bits per heavy atom. The molecule has 0 aliphatic rings. The Labute approximate surface area is 133 Å². The molecule has 0 radical (unpaired) electrons. The minimum atomic E-state index is -0.534. The second kappa shape index (κ2) is 7.71. The number of hydrogen-bond donors (Lipinski definition) is 0. The number of benzene rings is 2. The molecular weight excluding hydrogens is 294 g/mol. The maximum Gasteiger partial charge on any atom is 0.270 e. The van der Waals surface area contributed by atoms with E-state index in [0.29, 0.717) is 6.54 Å². The SMILES string of the molecule is N#CCCN(Cc1ccccc1)C(=O)c1cccc([N+](=O)[O-])c1. The highest BCUT2D eigenvalue weighted by Gasteiger charge is 2.18. The molecule has 0 aliphatic heterocycles. The first-order valence-electron chi connectivity index (χ1n) is 7.06. The smallest absolute Gasteiger partial charge is 0.270 e. The summed E-state index contributed by atoms with van der Waals surface area (Å²) >= 11 is 0. The summed E-state index contributed by atoms with van der Waals surface area (Å²) in [7, 11) is 0. The van der Waals surface area contributed by atoms with E-state index in [0.717, 1.165) is 5.56 Å². The maximum atomic E-state index is 12.6. The predicted octanol–water partition coefficient (Wildman–Crippen LogP) is 3.15. The minimum absolute atomic E-state index is 0.129. The van der Waals surface area contributed by atoms with Gasteiger partial charge in [0.1, 0.15) is 0 Å². The molecule has 116 valence electrons. The van der Waals surface area contributed by atoms with Crippen molar-refractivity contribution in [2.75, 3.05) is 6.54 Å². The largest absolute Gasteiger partial charge is 0.333 e. The second-order valence-corrected chi connectivity index (χ2v) is 4.93. The van der Waals surface area contributed by atoms with E-state index in [-0.39, 0.29) is 30.1 Å². The lowest BCUT2D eigenvalue weighted by Gasteiger charge is -2.21. The fourth-order valence-electron chi connectivity index (χ4n) is 2.18. The monoisotopic (exact) mass is 309 g/mol. The summed E-state index contributed by atoms with van der Waals surface area (Å²) < 4.78 is 0. The molecule has 0 bridgehead atoms. The predicted molar refractivity (Wildman–Crippen MR) is 84.5 cm³/mol. The zero-order chi connectivity index (χ0) is 16.7. The second-order valence-electron chi connectivity index (χ2n) is 4.93. The lowest BCUT2D eigenvalue weighted by molar-refractivity contribution is -0.384. The molecule has 2 aromatic rings. The van der Waals surface area contributed by atoms with Gasteiger partial charge in [-0.25, -0.2) is 0 Å². The summed E-state index contributed by atoms with van der Waals surface area (Å²) in [5.41, 5.74) is 1.05. The van der Waals surface area contributed by atoms with Gasteiger partial charge < -0.3 is 4.90 Å². The van der Waals surface area contributed by atoms with Gasteiger partial charge >= 0.3 is 0 Å². The van der Waals surface area contributed by atoms with Gasteiger partial charge in [0.2, 0.25) is 0 Å². The normalized spacial score (nSPS) is 9.87. The van der Waals surface area contributed by atoms with E-state index < -0.39 is 4.92 Å². The van der Waals surface area contributed by atoms with Crippen LogP contribution in [0.5, 0.6) is 0 Å². The van der Waals surface area contributed by atoms with Crippen LogP contribution in [0.1, 0.15) is 22.3 Å². The molecule has 2 aromatic carbocycles. The van der Waals surface area contributed by atoms with Gasteiger partial charge in [-0.3, -0.25) is 14.9 Å². The van der Waals surface area contributed by atoms with Crippen LogP contribution in [0.3, 0.4) is 0 Å². The van der Waals surface area contributed by atoms with Crippen LogP contribution in [-0.4, -0.2) is 22.3 Å². The molecule has 0 spiro atoms. The average Bonchev–Trinajstić information content (AvgIpc) is 2.59. The van der Waals surface area contributed by atoms with Crippen LogP contribution in [0, 0.1) is 21.4 Å². The van der Waals surface area contributed by atoms with Crippen LogP contribution in [0.15, 0.2) is 54.6 Å². The first-order chi connectivity index (χ1) is 11.1. The van der Waals surface area contributed by atoms with Gasteiger partial charge in [-0.15, -0.1) is 0 Å². The van der Waals surface area contributed by atoms with Crippen molar-refractivity contribution in [3.63, 3.8) is 0 Å². The van der Waals surface area contributed by atoms with E-state index in [1.807, 2.05) is 36.4 Å². The van der Waals surface area contributed by atoms with Gasteiger partial charge in [0.25, 0.3) is 11.6 Å². The molecule has 0 atom stereocenters. The van der Waals surface area contributed by atoms with Gasteiger partial charge in [0.15, 0.2) is 0 Å². The van der Waals surface area contributed by atoms with Crippen LogP contribution in [0.4, 0.5) is 5.69 Å². The third kappa shape index (κ3) is 4.38. The average molecular weight is 309 g/mol. The Kier molecular flexibility index (Phi) is 5.42. The van der Waals surface area contributed by atoms with Crippen LogP contribution < -0.4 is 0 Å². The van der Waals surface area contributed by atoms with E-state index in [2.05, 4.69) is 0 Å². The van der Waals surface area contributed by atoms with Crippen LogP contribution in [0.25, 0.3) is 0 Å². The number of carbonyl (C=O) groups excluding carboxylic acids is 1. The number of rotatable bonds is 6.